The summed E-state index contributed by atoms with van der Waals surface area (Å²) in [6.45, 7) is 1.93. The van der Waals surface area contributed by atoms with Gasteiger partial charge in [-0.15, -0.1) is 11.8 Å². The highest BCUT2D eigenvalue weighted by atomic mass is 32.2. The Labute approximate surface area is 220 Å². The number of sulfonamides is 1. The van der Waals surface area contributed by atoms with E-state index in [0.29, 0.717) is 16.9 Å². The first kappa shape index (κ1) is 26.2. The fraction of sp³-hybridized carbons (Fsp3) is 0.0714. The van der Waals surface area contributed by atoms with Crippen molar-refractivity contribution >= 4 is 45.0 Å². The molecule has 4 rings (SSSR count). The van der Waals surface area contributed by atoms with E-state index in [-0.39, 0.29) is 16.7 Å². The first-order valence-corrected chi connectivity index (χ1v) is 13.7. The third kappa shape index (κ3) is 7.07. The van der Waals surface area contributed by atoms with E-state index in [1.807, 2.05) is 67.6 Å². The third-order valence-electron chi connectivity index (χ3n) is 5.44. The van der Waals surface area contributed by atoms with Crippen LogP contribution in [0, 0.1) is 6.92 Å². The van der Waals surface area contributed by atoms with Crippen LogP contribution in [0.1, 0.15) is 26.7 Å². The molecule has 0 aromatic heterocycles. The molecule has 4 aromatic rings. The van der Waals surface area contributed by atoms with Gasteiger partial charge in [0.25, 0.3) is 5.91 Å². The largest absolute Gasteiger partial charge is 0.325 e. The van der Waals surface area contributed by atoms with Crippen molar-refractivity contribution in [2.45, 2.75) is 22.0 Å². The molecule has 2 amide bonds. The number of benzene rings is 4. The van der Waals surface area contributed by atoms with Gasteiger partial charge in [0.2, 0.25) is 15.9 Å². The number of hydrogen-bond donors (Lipinski definition) is 3. The lowest BCUT2D eigenvalue weighted by molar-refractivity contribution is -0.115. The van der Waals surface area contributed by atoms with E-state index in [1.54, 1.807) is 18.2 Å². The highest BCUT2D eigenvalue weighted by Crippen LogP contribution is 2.36. The van der Waals surface area contributed by atoms with E-state index in [2.05, 4.69) is 10.6 Å². The zero-order chi connectivity index (χ0) is 26.4. The average molecular weight is 532 g/mol. The number of primary sulfonamides is 1. The van der Waals surface area contributed by atoms with Crippen LogP contribution >= 0.6 is 11.8 Å². The molecule has 0 saturated heterocycles. The van der Waals surface area contributed by atoms with Gasteiger partial charge in [-0.3, -0.25) is 9.59 Å². The highest BCUT2D eigenvalue weighted by molar-refractivity contribution is 8.00. The van der Waals surface area contributed by atoms with Gasteiger partial charge in [-0.2, -0.15) is 0 Å². The number of anilines is 2. The molecule has 1 atom stereocenters. The summed E-state index contributed by atoms with van der Waals surface area (Å²) in [5, 5.41) is 10.3. The van der Waals surface area contributed by atoms with E-state index in [9.17, 15) is 18.0 Å². The molecule has 1 unspecified atom stereocenters. The third-order valence-corrected chi connectivity index (χ3v) is 7.63. The minimum atomic E-state index is -3.82. The maximum absolute atomic E-state index is 13.3. The van der Waals surface area contributed by atoms with E-state index in [0.717, 1.165) is 16.0 Å². The number of carbonyl (C=O) groups is 2. The minimum Gasteiger partial charge on any atom is -0.325 e. The number of aryl methyl sites for hydroxylation is 1. The molecule has 0 aliphatic heterocycles. The first-order valence-electron chi connectivity index (χ1n) is 11.3. The zero-order valence-corrected chi connectivity index (χ0v) is 21.6. The van der Waals surface area contributed by atoms with E-state index >= 15 is 0 Å². The Morgan fingerprint density at radius 1 is 0.784 bits per heavy atom. The zero-order valence-electron chi connectivity index (χ0n) is 19.9. The molecule has 0 bridgehead atoms. The molecule has 37 heavy (non-hydrogen) atoms. The second-order valence-electron chi connectivity index (χ2n) is 8.32. The summed E-state index contributed by atoms with van der Waals surface area (Å²) in [5.74, 6) is -0.463. The van der Waals surface area contributed by atoms with Crippen molar-refractivity contribution in [3.63, 3.8) is 0 Å². The summed E-state index contributed by atoms with van der Waals surface area (Å²) in [6, 6.07) is 29.7. The van der Waals surface area contributed by atoms with E-state index < -0.39 is 15.3 Å². The Bertz CT molecular complexity index is 1510. The van der Waals surface area contributed by atoms with Gasteiger partial charge in [0.1, 0.15) is 5.25 Å². The van der Waals surface area contributed by atoms with Gasteiger partial charge in [0.15, 0.2) is 0 Å². The molecule has 4 N–H and O–H groups in total. The molecule has 188 valence electrons. The van der Waals surface area contributed by atoms with Crippen molar-refractivity contribution in [2.24, 2.45) is 5.14 Å². The molecule has 0 aliphatic rings. The average Bonchev–Trinajstić information content (AvgIpc) is 2.88. The number of amides is 2. The molecule has 4 aromatic carbocycles. The van der Waals surface area contributed by atoms with Crippen molar-refractivity contribution < 1.29 is 18.0 Å². The van der Waals surface area contributed by atoms with E-state index in [1.165, 1.54) is 36.0 Å². The predicted octanol–water partition coefficient (Wildman–Crippen LogP) is 5.37. The number of nitrogens with two attached hydrogens (primary N) is 1. The van der Waals surface area contributed by atoms with Crippen LogP contribution < -0.4 is 15.8 Å². The molecule has 0 aliphatic carbocycles. The van der Waals surface area contributed by atoms with E-state index in [4.69, 9.17) is 5.14 Å². The Morgan fingerprint density at radius 3 is 2.03 bits per heavy atom. The van der Waals surface area contributed by atoms with Crippen LogP contribution in [0.5, 0.6) is 0 Å². The highest BCUT2D eigenvalue weighted by Gasteiger charge is 2.22. The van der Waals surface area contributed by atoms with Crippen molar-refractivity contribution in [2.75, 3.05) is 10.6 Å². The van der Waals surface area contributed by atoms with Gasteiger partial charge in [-0.25, -0.2) is 13.6 Å². The van der Waals surface area contributed by atoms with Crippen LogP contribution in [0.3, 0.4) is 0 Å². The lowest BCUT2D eigenvalue weighted by atomic mass is 10.1. The Morgan fingerprint density at radius 2 is 1.41 bits per heavy atom. The fourth-order valence-corrected chi connectivity index (χ4v) is 5.12. The first-order chi connectivity index (χ1) is 17.7. The topological polar surface area (TPSA) is 118 Å². The Balaban J connectivity index is 1.48. The predicted molar refractivity (Wildman–Crippen MR) is 147 cm³/mol. The molecule has 0 fully saturated rings. The lowest BCUT2D eigenvalue weighted by Crippen LogP contribution is -2.19. The standard InChI is InChI=1S/C28H25N3O4S2/c1-19-6-5-9-21(18-19)27(32)30-22-10-14-24(15-11-22)36-26(20-7-3-2-4-8-20)28(33)31-23-12-16-25(17-13-23)37(29,34)35/h2-18,26H,1H3,(H,30,32)(H,31,33)(H2,29,34,35). The van der Waals surface area contributed by atoms with Crippen LogP contribution in [0.4, 0.5) is 11.4 Å². The van der Waals surface area contributed by atoms with Gasteiger partial charge >= 0.3 is 0 Å². The van der Waals surface area contributed by atoms with Crippen LogP contribution in [0.15, 0.2) is 113 Å². The quantitative estimate of drug-likeness (QED) is 0.264. The summed E-state index contributed by atoms with van der Waals surface area (Å²) < 4.78 is 23.0. The number of thioether (sulfide) groups is 1. The van der Waals surface area contributed by atoms with Crippen LogP contribution in [0.25, 0.3) is 0 Å². The van der Waals surface area contributed by atoms with Gasteiger partial charge < -0.3 is 10.6 Å². The molecule has 9 heteroatoms. The second kappa shape index (κ2) is 11.4. The number of rotatable bonds is 8. The molecule has 0 heterocycles. The molecule has 0 radical (unpaired) electrons. The summed E-state index contributed by atoms with van der Waals surface area (Å²) in [4.78, 5) is 26.6. The molecular weight excluding hydrogens is 506 g/mol. The fourth-order valence-electron chi connectivity index (χ4n) is 3.58. The van der Waals surface area contributed by atoms with Crippen molar-refractivity contribution in [1.82, 2.24) is 0 Å². The maximum atomic E-state index is 13.3. The van der Waals surface area contributed by atoms with Gasteiger partial charge in [-0.1, -0.05) is 48.0 Å². The maximum Gasteiger partial charge on any atom is 0.255 e. The number of hydrogen-bond acceptors (Lipinski definition) is 5. The smallest absolute Gasteiger partial charge is 0.255 e. The van der Waals surface area contributed by atoms with Crippen molar-refractivity contribution in [3.05, 3.63) is 120 Å². The van der Waals surface area contributed by atoms with Crippen LogP contribution in [-0.4, -0.2) is 20.2 Å². The molecular formula is C28H25N3O4S2. The number of nitrogens with one attached hydrogen (secondary N) is 2. The lowest BCUT2D eigenvalue weighted by Gasteiger charge is -2.17. The van der Waals surface area contributed by atoms with Crippen molar-refractivity contribution in [1.29, 1.82) is 0 Å². The Hall–Kier alpha value is -3.92. The minimum absolute atomic E-state index is 0.0333. The second-order valence-corrected chi connectivity index (χ2v) is 11.1. The number of carbonyl (C=O) groups excluding carboxylic acids is 2. The normalized spacial score (nSPS) is 11.9. The SMILES string of the molecule is Cc1cccc(C(=O)Nc2ccc(SC(C(=O)Nc3ccc(S(N)(=O)=O)cc3)c3ccccc3)cc2)c1. The Kier molecular flexibility index (Phi) is 8.08. The van der Waals surface area contributed by atoms with Gasteiger partial charge in [-0.05, 0) is 73.2 Å². The van der Waals surface area contributed by atoms with Crippen molar-refractivity contribution in [3.8, 4) is 0 Å². The summed E-state index contributed by atoms with van der Waals surface area (Å²) in [6.07, 6.45) is 0. The van der Waals surface area contributed by atoms with Gasteiger partial charge in [0, 0.05) is 21.8 Å². The van der Waals surface area contributed by atoms with Gasteiger partial charge in [0.05, 0.1) is 4.90 Å². The summed E-state index contributed by atoms with van der Waals surface area (Å²) in [5.41, 5.74) is 3.49. The van der Waals surface area contributed by atoms with Crippen LogP contribution in [0.2, 0.25) is 0 Å². The van der Waals surface area contributed by atoms with Crippen LogP contribution in [-0.2, 0) is 14.8 Å². The monoisotopic (exact) mass is 531 g/mol. The molecule has 7 nitrogen and oxygen atoms in total. The summed E-state index contributed by atoms with van der Waals surface area (Å²) in [7, 11) is -3.82. The summed E-state index contributed by atoms with van der Waals surface area (Å²) >= 11 is 1.36. The molecule has 0 spiro atoms. The molecule has 0 saturated carbocycles.